The van der Waals surface area contributed by atoms with Gasteiger partial charge < -0.3 is 15.4 Å². The van der Waals surface area contributed by atoms with E-state index in [4.69, 9.17) is 4.74 Å². The molecule has 0 fully saturated rings. The number of aryl methyl sites for hydroxylation is 2. The van der Waals surface area contributed by atoms with E-state index in [0.717, 1.165) is 15.6 Å². The molecule has 8 heteroatoms. The number of nitrogens with zero attached hydrogens (tertiary/aromatic N) is 1. The summed E-state index contributed by atoms with van der Waals surface area (Å²) in [5.41, 5.74) is 4.47. The lowest BCUT2D eigenvalue weighted by atomic mass is 10.1. The Morgan fingerprint density at radius 1 is 1.03 bits per heavy atom. The number of carbonyl (C=O) groups is 2. The largest absolute Gasteiger partial charge is 0.497 e. The Balaban J connectivity index is 1.47. The molecule has 1 heterocycles. The van der Waals surface area contributed by atoms with Crippen molar-refractivity contribution in [2.24, 2.45) is 0 Å². The fourth-order valence-corrected chi connectivity index (χ4v) is 4.29. The fraction of sp³-hybridized carbons (Fsp3) is 0.227. The van der Waals surface area contributed by atoms with Crippen molar-refractivity contribution in [1.82, 2.24) is 4.98 Å². The number of nitrogens with one attached hydrogen (secondary N) is 2. The van der Waals surface area contributed by atoms with Crippen LogP contribution in [0.3, 0.4) is 0 Å². The van der Waals surface area contributed by atoms with E-state index in [1.807, 2.05) is 49.6 Å². The lowest BCUT2D eigenvalue weighted by Crippen LogP contribution is -2.15. The van der Waals surface area contributed by atoms with E-state index in [-0.39, 0.29) is 24.0 Å². The second-order valence-electron chi connectivity index (χ2n) is 6.70. The summed E-state index contributed by atoms with van der Waals surface area (Å²) >= 11 is 2.77. The van der Waals surface area contributed by atoms with Crippen LogP contribution in [-0.2, 0) is 16.0 Å². The molecule has 2 N–H and O–H groups in total. The van der Waals surface area contributed by atoms with Gasteiger partial charge in [0.25, 0.3) is 0 Å². The molecule has 0 atom stereocenters. The summed E-state index contributed by atoms with van der Waals surface area (Å²) < 4.78 is 5.91. The van der Waals surface area contributed by atoms with E-state index >= 15 is 0 Å². The smallest absolute Gasteiger partial charge is 0.234 e. The minimum atomic E-state index is -0.127. The summed E-state index contributed by atoms with van der Waals surface area (Å²) in [4.78, 5) is 28.9. The number of hydrogen-bond donors (Lipinski definition) is 2. The quantitative estimate of drug-likeness (QED) is 0.496. The molecule has 1 aromatic heterocycles. The van der Waals surface area contributed by atoms with Crippen molar-refractivity contribution in [3.8, 4) is 5.75 Å². The standard InChI is InChI=1S/C22H23N3O3S2/c1-14-7-8-17(9-15(14)2)23-20(26)11-18-12-29-22(25-18)30-13-21(27)24-16-5-4-6-19(10-16)28-3/h4-10,12H,11,13H2,1-3H3,(H,23,26)(H,24,27). The van der Waals surface area contributed by atoms with Crippen molar-refractivity contribution in [3.05, 3.63) is 64.7 Å². The van der Waals surface area contributed by atoms with Crippen LogP contribution in [-0.4, -0.2) is 29.7 Å². The number of thioether (sulfide) groups is 1. The van der Waals surface area contributed by atoms with E-state index in [0.29, 0.717) is 17.1 Å². The van der Waals surface area contributed by atoms with Gasteiger partial charge in [-0.25, -0.2) is 4.98 Å². The SMILES string of the molecule is COc1cccc(NC(=O)CSc2nc(CC(=O)Nc3ccc(C)c(C)c3)cs2)c1. The molecule has 3 aromatic rings. The molecule has 6 nitrogen and oxygen atoms in total. The van der Waals surface area contributed by atoms with E-state index < -0.39 is 0 Å². The Hall–Kier alpha value is -2.84. The van der Waals surface area contributed by atoms with Gasteiger partial charge in [-0.05, 0) is 49.2 Å². The second kappa shape index (κ2) is 10.3. The highest BCUT2D eigenvalue weighted by molar-refractivity contribution is 8.01. The van der Waals surface area contributed by atoms with Crippen molar-refractivity contribution < 1.29 is 14.3 Å². The average Bonchev–Trinajstić information content (AvgIpc) is 3.16. The van der Waals surface area contributed by atoms with E-state index in [1.54, 1.807) is 19.2 Å². The first-order valence-electron chi connectivity index (χ1n) is 9.31. The van der Waals surface area contributed by atoms with Gasteiger partial charge in [-0.2, -0.15) is 0 Å². The number of methoxy groups -OCH3 is 1. The second-order valence-corrected chi connectivity index (χ2v) is 8.78. The van der Waals surface area contributed by atoms with Gasteiger partial charge in [0.05, 0.1) is 25.0 Å². The molecule has 0 spiro atoms. The van der Waals surface area contributed by atoms with Crippen LogP contribution in [0.25, 0.3) is 0 Å². The number of benzene rings is 2. The van der Waals surface area contributed by atoms with Crippen LogP contribution >= 0.6 is 23.1 Å². The maximum absolute atomic E-state index is 12.3. The van der Waals surface area contributed by atoms with Crippen molar-refractivity contribution in [2.45, 2.75) is 24.6 Å². The maximum Gasteiger partial charge on any atom is 0.234 e. The lowest BCUT2D eigenvalue weighted by molar-refractivity contribution is -0.116. The van der Waals surface area contributed by atoms with Crippen LogP contribution in [0.2, 0.25) is 0 Å². The molecule has 0 radical (unpaired) electrons. The minimum absolute atomic E-state index is 0.115. The van der Waals surface area contributed by atoms with Crippen molar-refractivity contribution in [3.63, 3.8) is 0 Å². The average molecular weight is 442 g/mol. The summed E-state index contributed by atoms with van der Waals surface area (Å²) in [6.07, 6.45) is 0.194. The van der Waals surface area contributed by atoms with Gasteiger partial charge in [-0.3, -0.25) is 9.59 Å². The van der Waals surface area contributed by atoms with Gasteiger partial charge in [-0.1, -0.05) is 23.9 Å². The first-order valence-corrected chi connectivity index (χ1v) is 11.2. The monoisotopic (exact) mass is 441 g/mol. The molecule has 0 aliphatic carbocycles. The molecular formula is C22H23N3O3S2. The van der Waals surface area contributed by atoms with E-state index in [2.05, 4.69) is 15.6 Å². The van der Waals surface area contributed by atoms with Crippen molar-refractivity contribution in [2.75, 3.05) is 23.5 Å². The maximum atomic E-state index is 12.3. The summed E-state index contributed by atoms with van der Waals surface area (Å²) in [5.74, 6) is 0.677. The van der Waals surface area contributed by atoms with Crippen molar-refractivity contribution in [1.29, 1.82) is 0 Å². The Bertz CT molecular complexity index is 1050. The van der Waals surface area contributed by atoms with Gasteiger partial charge in [-0.15, -0.1) is 11.3 Å². The number of amides is 2. The van der Waals surface area contributed by atoms with Crippen molar-refractivity contribution >= 4 is 46.3 Å². The van der Waals surface area contributed by atoms with Gasteiger partial charge in [0, 0.05) is 22.8 Å². The number of thiazole rings is 1. The van der Waals surface area contributed by atoms with E-state index in [9.17, 15) is 9.59 Å². The minimum Gasteiger partial charge on any atom is -0.497 e. The molecule has 156 valence electrons. The Morgan fingerprint density at radius 3 is 2.57 bits per heavy atom. The summed E-state index contributed by atoms with van der Waals surface area (Å²) in [6, 6.07) is 13.0. The molecule has 0 bridgehead atoms. The molecule has 30 heavy (non-hydrogen) atoms. The number of carbonyl (C=O) groups excluding carboxylic acids is 2. The zero-order valence-electron chi connectivity index (χ0n) is 17.0. The zero-order valence-corrected chi connectivity index (χ0v) is 18.7. The van der Waals surface area contributed by atoms with E-state index in [1.165, 1.54) is 28.7 Å². The van der Waals surface area contributed by atoms with Gasteiger partial charge >= 0.3 is 0 Å². The number of hydrogen-bond acceptors (Lipinski definition) is 6. The highest BCUT2D eigenvalue weighted by Gasteiger charge is 2.11. The van der Waals surface area contributed by atoms with Crippen LogP contribution < -0.4 is 15.4 Å². The number of rotatable bonds is 8. The Morgan fingerprint density at radius 2 is 1.80 bits per heavy atom. The predicted molar refractivity (Wildman–Crippen MR) is 123 cm³/mol. The third-order valence-corrected chi connectivity index (χ3v) is 6.41. The first-order chi connectivity index (χ1) is 14.4. The normalized spacial score (nSPS) is 10.5. The van der Waals surface area contributed by atoms with Crippen LogP contribution in [0, 0.1) is 13.8 Å². The third kappa shape index (κ3) is 6.33. The molecule has 0 aliphatic heterocycles. The Labute approximate surface area is 184 Å². The van der Waals surface area contributed by atoms with Crippen LogP contribution in [0.4, 0.5) is 11.4 Å². The Kier molecular flexibility index (Phi) is 7.48. The van der Waals surface area contributed by atoms with Gasteiger partial charge in [0.1, 0.15) is 5.75 Å². The zero-order chi connectivity index (χ0) is 21.5. The fourth-order valence-electron chi connectivity index (χ4n) is 2.65. The number of aromatic nitrogens is 1. The molecule has 0 saturated heterocycles. The number of ether oxygens (including phenoxy) is 1. The van der Waals surface area contributed by atoms with Crippen LogP contribution in [0.15, 0.2) is 52.2 Å². The molecule has 0 saturated carbocycles. The summed E-state index contributed by atoms with van der Waals surface area (Å²) in [6.45, 7) is 4.05. The summed E-state index contributed by atoms with van der Waals surface area (Å²) in [5, 5.41) is 7.58. The lowest BCUT2D eigenvalue weighted by Gasteiger charge is -2.07. The first kappa shape index (κ1) is 21.9. The molecule has 0 unspecified atom stereocenters. The number of anilines is 2. The predicted octanol–water partition coefficient (Wildman–Crippen LogP) is 4.68. The molecule has 3 rings (SSSR count). The molecule has 0 aliphatic rings. The molecule has 2 amide bonds. The molecule has 2 aromatic carbocycles. The highest BCUT2D eigenvalue weighted by Crippen LogP contribution is 2.24. The van der Waals surface area contributed by atoms with Crippen LogP contribution in [0.5, 0.6) is 5.75 Å². The highest BCUT2D eigenvalue weighted by atomic mass is 32.2. The topological polar surface area (TPSA) is 80.3 Å². The van der Waals surface area contributed by atoms with Gasteiger partial charge in [0.15, 0.2) is 4.34 Å². The van der Waals surface area contributed by atoms with Crippen LogP contribution in [0.1, 0.15) is 16.8 Å². The molecular weight excluding hydrogens is 418 g/mol. The summed E-state index contributed by atoms with van der Waals surface area (Å²) in [7, 11) is 1.58. The third-order valence-electron chi connectivity index (χ3n) is 4.34. The van der Waals surface area contributed by atoms with Gasteiger partial charge in [0.2, 0.25) is 11.8 Å².